The van der Waals surface area contributed by atoms with Crippen molar-refractivity contribution >= 4 is 46.3 Å². The molecule has 0 saturated carbocycles. The summed E-state index contributed by atoms with van der Waals surface area (Å²) in [5, 5.41) is 11.5. The molecule has 1 fully saturated rings. The Morgan fingerprint density at radius 1 is 1.26 bits per heavy atom. The Balaban J connectivity index is 1.33. The summed E-state index contributed by atoms with van der Waals surface area (Å²) < 4.78 is 5.70. The van der Waals surface area contributed by atoms with Gasteiger partial charge in [-0.25, -0.2) is 0 Å². The molecule has 0 bridgehead atoms. The number of hydrogen-bond donors (Lipinski definition) is 3. The standard InChI is InChI=1S/C25H29ClN4O4S/c1-3-33-24(32)18-10-12-30(13-11-18)22(27)17-6-4-16(5-7-17)19-14-25(2,34-29-19)15-28-23(31)20-8-9-21(26)35-20/h4-9,14,18,27,29H,3,10-13,15H2,1-2H3,(H,28,31). The Kier molecular flexibility index (Phi) is 7.78. The first kappa shape index (κ1) is 25.2. The first-order valence-electron chi connectivity index (χ1n) is 11.6. The van der Waals surface area contributed by atoms with Gasteiger partial charge in [0.15, 0.2) is 0 Å². The number of carbonyl (C=O) groups excluding carboxylic acids is 2. The van der Waals surface area contributed by atoms with Crippen LogP contribution in [-0.2, 0) is 14.4 Å². The maximum absolute atomic E-state index is 12.3. The van der Waals surface area contributed by atoms with Gasteiger partial charge in [0.05, 0.1) is 34.0 Å². The number of nitrogens with one attached hydrogen (secondary N) is 3. The first-order valence-corrected chi connectivity index (χ1v) is 12.8. The number of esters is 1. The molecule has 2 aliphatic heterocycles. The van der Waals surface area contributed by atoms with E-state index >= 15 is 0 Å². The molecule has 1 unspecified atom stereocenters. The van der Waals surface area contributed by atoms with Crippen LogP contribution in [-0.4, -0.2) is 54.5 Å². The fraction of sp³-hybridized carbons (Fsp3) is 0.400. The molecule has 0 radical (unpaired) electrons. The second kappa shape index (κ2) is 10.8. The van der Waals surface area contributed by atoms with Crippen LogP contribution in [0.4, 0.5) is 0 Å². The van der Waals surface area contributed by atoms with Crippen LogP contribution >= 0.6 is 22.9 Å². The normalized spacial score (nSPS) is 20.2. The van der Waals surface area contributed by atoms with Crippen molar-refractivity contribution < 1.29 is 19.2 Å². The van der Waals surface area contributed by atoms with Crippen LogP contribution in [0.15, 0.2) is 42.5 Å². The van der Waals surface area contributed by atoms with Crippen molar-refractivity contribution in [3.63, 3.8) is 0 Å². The van der Waals surface area contributed by atoms with Gasteiger partial charge in [0.2, 0.25) is 0 Å². The molecule has 1 aromatic carbocycles. The number of amidine groups is 1. The predicted octanol–water partition coefficient (Wildman–Crippen LogP) is 4.07. The van der Waals surface area contributed by atoms with Gasteiger partial charge in [0, 0.05) is 18.7 Å². The van der Waals surface area contributed by atoms with Crippen LogP contribution in [0.5, 0.6) is 0 Å². The monoisotopic (exact) mass is 516 g/mol. The van der Waals surface area contributed by atoms with Crippen molar-refractivity contribution in [3.8, 4) is 0 Å². The number of halogens is 1. The number of carbonyl (C=O) groups is 2. The highest BCUT2D eigenvalue weighted by Gasteiger charge is 2.31. The number of hydrogen-bond acceptors (Lipinski definition) is 7. The summed E-state index contributed by atoms with van der Waals surface area (Å²) in [4.78, 5) is 32.6. The topological polar surface area (TPSA) is 104 Å². The minimum atomic E-state index is -0.708. The quantitative estimate of drug-likeness (QED) is 0.291. The fourth-order valence-corrected chi connectivity index (χ4v) is 5.09. The summed E-state index contributed by atoms with van der Waals surface area (Å²) in [6.07, 6.45) is 3.33. The number of likely N-dealkylation sites (tertiary alicyclic amines) is 1. The van der Waals surface area contributed by atoms with E-state index in [9.17, 15) is 9.59 Å². The number of benzene rings is 1. The Labute approximate surface area is 213 Å². The lowest BCUT2D eigenvalue weighted by Gasteiger charge is -2.32. The van der Waals surface area contributed by atoms with E-state index in [1.54, 1.807) is 12.1 Å². The molecule has 4 rings (SSSR count). The van der Waals surface area contributed by atoms with Crippen LogP contribution < -0.4 is 10.8 Å². The molecular formula is C25H29ClN4O4S. The van der Waals surface area contributed by atoms with E-state index in [0.29, 0.717) is 54.1 Å². The summed E-state index contributed by atoms with van der Waals surface area (Å²) in [6, 6.07) is 11.1. The van der Waals surface area contributed by atoms with E-state index in [0.717, 1.165) is 16.8 Å². The van der Waals surface area contributed by atoms with Crippen molar-refractivity contribution in [2.75, 3.05) is 26.2 Å². The van der Waals surface area contributed by atoms with Gasteiger partial charge in [0.25, 0.3) is 5.91 Å². The molecule has 8 nitrogen and oxygen atoms in total. The molecule has 1 amide bonds. The molecule has 2 aromatic rings. The summed E-state index contributed by atoms with van der Waals surface area (Å²) in [7, 11) is 0. The van der Waals surface area contributed by atoms with Crippen LogP contribution in [0.2, 0.25) is 4.34 Å². The maximum Gasteiger partial charge on any atom is 0.309 e. The van der Waals surface area contributed by atoms with E-state index in [1.165, 1.54) is 11.3 Å². The largest absolute Gasteiger partial charge is 0.466 e. The molecule has 1 saturated heterocycles. The molecule has 35 heavy (non-hydrogen) atoms. The first-order chi connectivity index (χ1) is 16.8. The Hall–Kier alpha value is -2.88. The van der Waals surface area contributed by atoms with E-state index in [2.05, 4.69) is 10.8 Å². The number of piperidine rings is 1. The third-order valence-electron chi connectivity index (χ3n) is 6.14. The highest BCUT2D eigenvalue weighted by Crippen LogP contribution is 2.27. The van der Waals surface area contributed by atoms with Crippen LogP contribution in [0.1, 0.15) is 47.5 Å². The fourth-order valence-electron chi connectivity index (χ4n) is 4.13. The number of nitrogens with zero attached hydrogens (tertiary/aromatic N) is 1. The Bertz CT molecular complexity index is 1120. The summed E-state index contributed by atoms with van der Waals surface area (Å²) in [5.74, 6) is 0.0430. The number of amides is 1. The molecule has 186 valence electrons. The van der Waals surface area contributed by atoms with Crippen molar-refractivity contribution in [2.45, 2.75) is 32.3 Å². The molecule has 2 aliphatic rings. The van der Waals surface area contributed by atoms with Gasteiger partial charge in [-0.3, -0.25) is 25.3 Å². The highest BCUT2D eigenvalue weighted by molar-refractivity contribution is 7.18. The number of rotatable bonds is 7. The summed E-state index contributed by atoms with van der Waals surface area (Å²) in [6.45, 7) is 5.71. The maximum atomic E-state index is 12.3. The molecular weight excluding hydrogens is 488 g/mol. The lowest BCUT2D eigenvalue weighted by atomic mass is 9.96. The van der Waals surface area contributed by atoms with Crippen molar-refractivity contribution in [2.24, 2.45) is 5.92 Å². The molecule has 0 aliphatic carbocycles. The molecule has 3 N–H and O–H groups in total. The van der Waals surface area contributed by atoms with E-state index in [1.807, 2.05) is 49.1 Å². The minimum Gasteiger partial charge on any atom is -0.466 e. The van der Waals surface area contributed by atoms with E-state index < -0.39 is 5.60 Å². The van der Waals surface area contributed by atoms with Gasteiger partial charge in [0.1, 0.15) is 11.4 Å². The second-order valence-corrected chi connectivity index (χ2v) is 10.5. The van der Waals surface area contributed by atoms with E-state index in [-0.39, 0.29) is 17.8 Å². The van der Waals surface area contributed by atoms with Crippen LogP contribution in [0.3, 0.4) is 0 Å². The van der Waals surface area contributed by atoms with E-state index in [4.69, 9.17) is 26.6 Å². The van der Waals surface area contributed by atoms with Gasteiger partial charge in [-0.05, 0) is 50.5 Å². The summed E-state index contributed by atoms with van der Waals surface area (Å²) >= 11 is 7.14. The van der Waals surface area contributed by atoms with Crippen LogP contribution in [0, 0.1) is 11.3 Å². The molecule has 1 atom stereocenters. The zero-order chi connectivity index (χ0) is 25.0. The molecule has 10 heteroatoms. The zero-order valence-corrected chi connectivity index (χ0v) is 21.3. The van der Waals surface area contributed by atoms with Crippen LogP contribution in [0.25, 0.3) is 5.70 Å². The Morgan fingerprint density at radius 2 is 1.97 bits per heavy atom. The predicted molar refractivity (Wildman–Crippen MR) is 136 cm³/mol. The molecule has 1 aromatic heterocycles. The third kappa shape index (κ3) is 6.04. The smallest absolute Gasteiger partial charge is 0.309 e. The van der Waals surface area contributed by atoms with Gasteiger partial charge in [-0.1, -0.05) is 35.9 Å². The van der Waals surface area contributed by atoms with Gasteiger partial charge in [-0.15, -0.1) is 11.3 Å². The zero-order valence-electron chi connectivity index (χ0n) is 19.7. The van der Waals surface area contributed by atoms with Crippen molar-refractivity contribution in [1.82, 2.24) is 15.7 Å². The van der Waals surface area contributed by atoms with Crippen molar-refractivity contribution in [1.29, 1.82) is 5.41 Å². The van der Waals surface area contributed by atoms with Gasteiger partial charge < -0.3 is 15.0 Å². The minimum absolute atomic E-state index is 0.0797. The highest BCUT2D eigenvalue weighted by atomic mass is 35.5. The second-order valence-electron chi connectivity index (χ2n) is 8.80. The lowest BCUT2D eigenvalue weighted by Crippen LogP contribution is -2.40. The van der Waals surface area contributed by atoms with Gasteiger partial charge in [-0.2, -0.15) is 0 Å². The average Bonchev–Trinajstić information content (AvgIpc) is 3.49. The number of hydroxylamine groups is 1. The van der Waals surface area contributed by atoms with Gasteiger partial charge >= 0.3 is 5.97 Å². The van der Waals surface area contributed by atoms with Crippen molar-refractivity contribution in [3.05, 3.63) is 62.8 Å². The number of thiophene rings is 1. The summed E-state index contributed by atoms with van der Waals surface area (Å²) in [5.41, 5.74) is 4.78. The average molecular weight is 517 g/mol. The Morgan fingerprint density at radius 3 is 2.60 bits per heavy atom. The molecule has 0 spiro atoms. The third-order valence-corrected chi connectivity index (χ3v) is 7.37. The SMILES string of the molecule is CCOC(=O)C1CCN(C(=N)c2ccc(C3=CC(C)(CNC(=O)c4ccc(Cl)s4)ON3)cc2)CC1. The molecule has 3 heterocycles. The lowest BCUT2D eigenvalue weighted by molar-refractivity contribution is -0.149. The number of ether oxygens (including phenoxy) is 1.